The molecule has 5 aromatic carbocycles. The van der Waals surface area contributed by atoms with Gasteiger partial charge in [0.15, 0.2) is 11.5 Å². The van der Waals surface area contributed by atoms with E-state index in [0.717, 1.165) is 129 Å². The second-order valence-corrected chi connectivity index (χ2v) is 36.7. The maximum atomic E-state index is 16.6. The number of phenols is 3. The highest BCUT2D eigenvalue weighted by Crippen LogP contribution is 2.55. The zero-order chi connectivity index (χ0) is 91.4. The number of rotatable bonds is 20. The maximum absolute atomic E-state index is 16.6. The monoisotopic (exact) mass is 1790 g/mol. The lowest BCUT2D eigenvalue weighted by atomic mass is 9.54. The zero-order valence-electron chi connectivity index (χ0n) is 71.4. The molecule has 4 saturated carbocycles. The summed E-state index contributed by atoms with van der Waals surface area (Å²) < 4.78 is 37.1. The van der Waals surface area contributed by atoms with Crippen molar-refractivity contribution < 1.29 is 122 Å². The third kappa shape index (κ3) is 22.3. The van der Waals surface area contributed by atoms with Gasteiger partial charge in [0.2, 0.25) is 59.3 Å². The summed E-state index contributed by atoms with van der Waals surface area (Å²) in [5.74, 6) is -14.5. The number of phenolic OH excluding ortho intramolecular Hbond substituents is 3. The number of hydrogen-bond acceptors (Lipinski definition) is 25. The predicted molar refractivity (Wildman–Crippen MR) is 452 cm³/mol. The minimum Gasteiger partial charge on any atom is -0.508 e. The smallest absolute Gasteiger partial charge is 0.410 e. The molecule has 38 heteroatoms. The SMILES string of the molecule is CCCCCCCCNC(=O)NC(=O)C[C@@H]1NC(=O)[C@H](NC(=O)[C@@H](CC(C)C)N(C)C(=O)OC(C)(C)C)[C@H](O)c2ccc(c(Cl)c2)Oc2cc3cc(c2OC2OC(CNC(=O)OC(C)(C)C)C(O)C(O)C2O)Oc2ccc(cc2Cl)[C@@H](O)[C@@H]2NC(=O)[C@H](NC(=O)[C@@H]3NC1=O)c1ccc(O)c(c1)-c1c(O)cc(O)cc1[C@@H](C(=O)NC1C3CC4CC(C3)CC1C4)NC2=O. The Bertz CT molecular complexity index is 4940. The Hall–Kier alpha value is -11.0. The standard InChI is InChI=1S/C88H111Cl2N11O25/c1-11-12-13-14-15-16-23-91-84(118)94-62(105)37-53-76(111)96-66-47-33-59(121-57-21-18-43(31-51(57)89)70(106)68(81(116)93-53)99-77(112)54(24-39(2)3)101(10)86(120)126-88(7,8)9)75(124-83-74(110)73(109)72(108)61(123-83)38-92-85(119)125-87(4,5)6)60(34-47)122-58-22-19-44(32-52(58)90)71(107)69-82(117)98-67(80(115)95-64-45-26-40-25-41(28-45)29-46(64)27-40)50-35-48(102)36-56(104)63(50)49-30-42(17-20-55(49)103)65(78(113)100-69)97-79(66)114/h17-22,30-36,39-41,45-46,53-54,61,64-74,83,102-104,106-110H,11-16,23-29,37-38H2,1-10H3,(H,92,119)(H,93,116)(H,95,115)(H,96,111)(H,97,114)(H,98,117)(H,99,112)(H,100,113)(H2,91,94,105,118)/t40?,41?,45?,46?,53-,54+,61?,64?,65+,66+,67-,68+,69-,70+,71+,72?,73?,74?,83?/m0/s1. The maximum Gasteiger partial charge on any atom is 0.410 e. The second kappa shape index (κ2) is 39.5. The topological polar surface area (TPSA) is 529 Å². The van der Waals surface area contributed by atoms with Gasteiger partial charge in [-0.3, -0.25) is 48.6 Å². The quantitative estimate of drug-likeness (QED) is 0.0333. The average Bonchev–Trinajstić information content (AvgIpc) is 0.757. The zero-order valence-corrected chi connectivity index (χ0v) is 72.9. The van der Waals surface area contributed by atoms with Gasteiger partial charge in [0.05, 0.1) is 16.5 Å². The molecule has 4 aliphatic carbocycles. The number of aliphatic hydroxyl groups excluding tert-OH is 5. The number of imide groups is 1. The molecule has 10 aliphatic rings. The third-order valence-corrected chi connectivity index (χ3v) is 24.0. The number of hydrogen-bond donors (Lipinski definition) is 18. The molecule has 1 saturated heterocycles. The Morgan fingerprint density at radius 3 is 1.79 bits per heavy atom. The molecule has 14 atom stereocenters. The minimum absolute atomic E-state index is 0.0502. The number of alkyl carbamates (subject to hydrolysis) is 1. The van der Waals surface area contributed by atoms with Crippen LogP contribution in [0.1, 0.15) is 204 Å². The Labute approximate surface area is 736 Å². The van der Waals surface area contributed by atoms with Crippen molar-refractivity contribution in [2.75, 3.05) is 20.1 Å². The van der Waals surface area contributed by atoms with Crippen molar-refractivity contribution in [3.05, 3.63) is 117 Å². The molecular formula is C88H111Cl2N11O25. The molecule has 6 heterocycles. The van der Waals surface area contributed by atoms with Gasteiger partial charge in [-0.05, 0) is 198 Å². The molecular weight excluding hydrogens is 1680 g/mol. The van der Waals surface area contributed by atoms with Gasteiger partial charge in [0.1, 0.15) is 119 Å². The van der Waals surface area contributed by atoms with Crippen LogP contribution in [0.25, 0.3) is 11.1 Å². The van der Waals surface area contributed by atoms with Crippen molar-refractivity contribution in [3.63, 3.8) is 0 Å². The summed E-state index contributed by atoms with van der Waals surface area (Å²) in [6, 6.07) is -2.18. The Balaban J connectivity index is 1.05. The summed E-state index contributed by atoms with van der Waals surface area (Å²) in [6.07, 6.45) is -8.58. The van der Waals surface area contributed by atoms with E-state index in [1.165, 1.54) is 19.2 Å². The molecule has 126 heavy (non-hydrogen) atoms. The summed E-state index contributed by atoms with van der Waals surface area (Å²) in [5, 5.41) is 121. The highest BCUT2D eigenvalue weighted by atomic mass is 35.5. The molecule has 36 nitrogen and oxygen atoms in total. The van der Waals surface area contributed by atoms with Crippen LogP contribution >= 0.6 is 23.2 Å². The van der Waals surface area contributed by atoms with Crippen molar-refractivity contribution >= 4 is 88.7 Å². The second-order valence-electron chi connectivity index (χ2n) is 35.9. The molecule has 15 rings (SSSR count). The van der Waals surface area contributed by atoms with Gasteiger partial charge in [0, 0.05) is 43.4 Å². The van der Waals surface area contributed by atoms with Crippen LogP contribution in [0.2, 0.25) is 10.0 Å². The Morgan fingerprint density at radius 1 is 0.595 bits per heavy atom. The number of aliphatic hydroxyl groups is 5. The van der Waals surface area contributed by atoms with Gasteiger partial charge < -0.3 is 117 Å². The van der Waals surface area contributed by atoms with E-state index in [-0.39, 0.29) is 64.1 Å². The predicted octanol–water partition coefficient (Wildman–Crippen LogP) is 7.61. The fourth-order valence-corrected chi connectivity index (χ4v) is 18.0. The summed E-state index contributed by atoms with van der Waals surface area (Å²) in [7, 11) is 1.27. The van der Waals surface area contributed by atoms with Crippen LogP contribution in [0.15, 0.2) is 78.9 Å². The number of urea groups is 1. The van der Waals surface area contributed by atoms with Crippen LogP contribution < -0.4 is 67.4 Å². The molecule has 18 N–H and O–H groups in total. The first-order valence-electron chi connectivity index (χ1n) is 42.4. The van der Waals surface area contributed by atoms with E-state index in [1.807, 2.05) is 0 Å². The fourth-order valence-electron chi connectivity index (χ4n) is 17.5. The molecule has 5 fully saturated rings. The number of benzene rings is 5. The molecule has 12 amide bonds. The van der Waals surface area contributed by atoms with Crippen molar-refractivity contribution in [2.24, 2.45) is 29.6 Å². The molecule has 682 valence electrons. The van der Waals surface area contributed by atoms with E-state index in [4.69, 9.17) is 51.6 Å². The highest BCUT2D eigenvalue weighted by molar-refractivity contribution is 6.32. The van der Waals surface area contributed by atoms with E-state index < -0.39 is 242 Å². The molecule has 6 aliphatic heterocycles. The number of nitrogens with one attached hydrogen (secondary N) is 10. The van der Waals surface area contributed by atoms with Crippen LogP contribution in [0.4, 0.5) is 14.4 Å². The number of aromatic hydroxyl groups is 3. The van der Waals surface area contributed by atoms with E-state index in [1.54, 1.807) is 55.4 Å². The fraction of sp³-hybridized carbons (Fsp3) is 0.534. The van der Waals surface area contributed by atoms with Crippen molar-refractivity contribution in [1.82, 2.24) is 58.1 Å². The summed E-state index contributed by atoms with van der Waals surface area (Å²) in [5.41, 5.74) is -4.52. The van der Waals surface area contributed by atoms with Crippen LogP contribution in [0, 0.1) is 29.6 Å². The van der Waals surface area contributed by atoms with E-state index in [9.17, 15) is 60.0 Å². The normalized spacial score (nSPS) is 26.6. The highest BCUT2D eigenvalue weighted by Gasteiger charge is 2.52. The Morgan fingerprint density at radius 2 is 1.18 bits per heavy atom. The molecule has 0 aromatic heterocycles. The number of likely N-dealkylation sites (N-methyl/N-ethyl adjacent to an activating group) is 1. The van der Waals surface area contributed by atoms with Crippen LogP contribution in [0.3, 0.4) is 0 Å². The van der Waals surface area contributed by atoms with Crippen LogP contribution in [-0.2, 0) is 52.6 Å². The van der Waals surface area contributed by atoms with E-state index in [0.29, 0.717) is 24.7 Å². The van der Waals surface area contributed by atoms with Gasteiger partial charge in [-0.2, -0.15) is 0 Å². The molecule has 15 bridgehead atoms. The van der Waals surface area contributed by atoms with Crippen LogP contribution in [0.5, 0.6) is 46.0 Å². The van der Waals surface area contributed by atoms with E-state index in [2.05, 4.69) is 60.1 Å². The first-order chi connectivity index (χ1) is 59.5. The van der Waals surface area contributed by atoms with Crippen molar-refractivity contribution in [1.29, 1.82) is 0 Å². The molecule has 5 aromatic rings. The minimum atomic E-state index is -2.44. The lowest BCUT2D eigenvalue weighted by Gasteiger charge is -2.54. The lowest BCUT2D eigenvalue weighted by Crippen LogP contribution is -2.61. The number of amides is 12. The number of fused-ring (bicyclic) bond motifs is 15. The van der Waals surface area contributed by atoms with Crippen molar-refractivity contribution in [2.45, 2.75) is 248 Å². The first-order valence-corrected chi connectivity index (χ1v) is 43.1. The van der Waals surface area contributed by atoms with Gasteiger partial charge in [-0.1, -0.05) is 94.3 Å². The summed E-state index contributed by atoms with van der Waals surface area (Å²) >= 11 is 14.4. The Kier molecular flexibility index (Phi) is 29.5. The number of ether oxygens (including phenoxy) is 6. The molecule has 5 unspecified atom stereocenters. The van der Waals surface area contributed by atoms with Crippen LogP contribution in [-0.4, -0.2) is 203 Å². The number of carbonyl (C=O) groups excluding carboxylic acids is 11. The number of nitrogens with zero attached hydrogens (tertiary/aromatic N) is 1. The first kappa shape index (κ1) is 94.1. The van der Waals surface area contributed by atoms with E-state index >= 15 is 33.6 Å². The molecule has 0 radical (unpaired) electrons. The largest absolute Gasteiger partial charge is 0.508 e. The van der Waals surface area contributed by atoms with Crippen molar-refractivity contribution in [3.8, 4) is 57.1 Å². The number of halogens is 2. The van der Waals surface area contributed by atoms with Gasteiger partial charge >= 0.3 is 18.2 Å². The summed E-state index contributed by atoms with van der Waals surface area (Å²) in [4.78, 5) is 167. The average molecular weight is 1790 g/mol. The van der Waals surface area contributed by atoms with Gasteiger partial charge in [0.25, 0.3) is 0 Å². The third-order valence-electron chi connectivity index (χ3n) is 23.4. The number of unbranched alkanes of at least 4 members (excludes halogenated alkanes) is 5. The summed E-state index contributed by atoms with van der Waals surface area (Å²) in [6.45, 7) is 14.5. The van der Waals surface area contributed by atoms with Gasteiger partial charge in [-0.15, -0.1) is 0 Å². The molecule has 0 spiro atoms. The lowest BCUT2D eigenvalue weighted by molar-refractivity contribution is -0.270. The number of carbonyl (C=O) groups is 11. The van der Waals surface area contributed by atoms with Gasteiger partial charge in [-0.25, -0.2) is 14.4 Å².